The molecule has 0 radical (unpaired) electrons. The number of pyridine rings is 1. The van der Waals surface area contributed by atoms with Crippen LogP contribution in [0.4, 0.5) is 4.39 Å². The zero-order valence-corrected chi connectivity index (χ0v) is 21.0. The third kappa shape index (κ3) is 5.72. The number of hydrogen-bond acceptors (Lipinski definition) is 3. The summed E-state index contributed by atoms with van der Waals surface area (Å²) in [6.45, 7) is 9.95. The largest absolute Gasteiger partial charge is 0.458 e. The number of aryl methyl sites for hydroxylation is 1. The zero-order valence-electron chi connectivity index (χ0n) is 21.0. The fourth-order valence-electron chi connectivity index (χ4n) is 4.35. The maximum Gasteiger partial charge on any atom is 0.306 e. The number of halogens is 1. The molecule has 0 spiro atoms. The number of benzene rings is 2. The van der Waals surface area contributed by atoms with Gasteiger partial charge in [-0.3, -0.25) is 9.78 Å². The number of nitrogens with zero attached hydrogens (tertiary/aromatic N) is 1. The number of ether oxygens (including phenoxy) is 1. The number of carbonyl (C=O) groups is 1. The van der Waals surface area contributed by atoms with Crippen LogP contribution in [-0.4, -0.2) is 17.1 Å². The predicted molar refractivity (Wildman–Crippen MR) is 139 cm³/mol. The van der Waals surface area contributed by atoms with Crippen molar-refractivity contribution in [2.24, 2.45) is 0 Å². The Morgan fingerprint density at radius 1 is 1.03 bits per heavy atom. The van der Waals surface area contributed by atoms with Gasteiger partial charge in [-0.25, -0.2) is 4.39 Å². The van der Waals surface area contributed by atoms with E-state index >= 15 is 0 Å². The molecule has 5 rings (SSSR count). The van der Waals surface area contributed by atoms with Crippen LogP contribution in [0, 0.1) is 12.7 Å². The molecule has 1 saturated carbocycles. The van der Waals surface area contributed by atoms with Crippen LogP contribution in [0.2, 0.25) is 0 Å². The van der Waals surface area contributed by atoms with E-state index in [2.05, 4.69) is 12.1 Å². The molecule has 1 atom stereocenters. The first-order valence-electron chi connectivity index (χ1n) is 12.7. The topological polar surface area (TPSA) is 39.2 Å². The van der Waals surface area contributed by atoms with E-state index in [0.717, 1.165) is 64.5 Å². The molecule has 0 amide bonds. The lowest BCUT2D eigenvalue weighted by molar-refractivity contribution is -0.150. The van der Waals surface area contributed by atoms with Gasteiger partial charge in [-0.1, -0.05) is 58.0 Å². The summed E-state index contributed by atoms with van der Waals surface area (Å²) in [5.74, 6) is 0.0791. The average molecular weight is 462 g/mol. The van der Waals surface area contributed by atoms with E-state index in [1.165, 1.54) is 6.07 Å². The summed E-state index contributed by atoms with van der Waals surface area (Å²) in [7, 11) is 0. The lowest BCUT2D eigenvalue weighted by atomic mass is 9.90. The van der Waals surface area contributed by atoms with Crippen molar-refractivity contribution in [2.75, 3.05) is 0 Å². The van der Waals surface area contributed by atoms with Gasteiger partial charge in [-0.2, -0.15) is 0 Å². The molecule has 1 aromatic heterocycles. The van der Waals surface area contributed by atoms with Crippen LogP contribution in [0.15, 0.2) is 48.5 Å². The second kappa shape index (κ2) is 11.9. The van der Waals surface area contributed by atoms with Crippen LogP contribution >= 0.6 is 0 Å². The van der Waals surface area contributed by atoms with Gasteiger partial charge in [0.15, 0.2) is 0 Å². The van der Waals surface area contributed by atoms with Crippen molar-refractivity contribution in [1.29, 1.82) is 0 Å². The lowest BCUT2D eigenvalue weighted by Gasteiger charge is -2.20. The Labute approximate surface area is 203 Å². The predicted octanol–water partition coefficient (Wildman–Crippen LogP) is 8.39. The standard InChI is InChI=1S/C26H24FNO2.2C2H6/c1-16-15-18(27)11-13-20(16)25-21-6-2-3-7-23(21)28-26(17-9-10-17)22(25)14-12-19-5-4-8-24(29)30-19;2*1-2/h2-3,6-7,11-15,17,19H,4-5,8-10H2,1H3;2*1-2H3/b14-12+;;/t19-;;/m0../s1. The van der Waals surface area contributed by atoms with Crippen molar-refractivity contribution in [3.05, 3.63) is 71.2 Å². The van der Waals surface area contributed by atoms with E-state index < -0.39 is 0 Å². The second-order valence-corrected chi connectivity index (χ2v) is 8.32. The number of esters is 1. The lowest BCUT2D eigenvalue weighted by Crippen LogP contribution is -2.21. The first kappa shape index (κ1) is 25.6. The first-order chi connectivity index (χ1) is 16.6. The van der Waals surface area contributed by atoms with Crippen molar-refractivity contribution >= 4 is 22.9 Å². The Bertz CT molecular complexity index is 1160. The SMILES string of the molecule is CC.CC.Cc1cc(F)ccc1-c1c(/C=C/[C@@H]2CCCC(=O)O2)c(C2CC2)nc2ccccc12. The van der Waals surface area contributed by atoms with Gasteiger partial charge in [0.25, 0.3) is 0 Å². The minimum absolute atomic E-state index is 0.135. The number of aromatic nitrogens is 1. The van der Waals surface area contributed by atoms with Crippen LogP contribution in [0.3, 0.4) is 0 Å². The second-order valence-electron chi connectivity index (χ2n) is 8.32. The normalized spacial score (nSPS) is 17.5. The summed E-state index contributed by atoms with van der Waals surface area (Å²) in [6, 6.07) is 13.1. The van der Waals surface area contributed by atoms with Gasteiger partial charge in [-0.15, -0.1) is 0 Å². The maximum atomic E-state index is 13.8. The summed E-state index contributed by atoms with van der Waals surface area (Å²) in [6.07, 6.45) is 8.32. The average Bonchev–Trinajstić information content (AvgIpc) is 3.70. The monoisotopic (exact) mass is 461 g/mol. The van der Waals surface area contributed by atoms with Crippen molar-refractivity contribution in [1.82, 2.24) is 4.98 Å². The molecule has 0 unspecified atom stereocenters. The van der Waals surface area contributed by atoms with Gasteiger partial charge in [0, 0.05) is 28.9 Å². The van der Waals surface area contributed by atoms with E-state index in [9.17, 15) is 9.18 Å². The highest BCUT2D eigenvalue weighted by atomic mass is 19.1. The third-order valence-corrected chi connectivity index (χ3v) is 6.01. The van der Waals surface area contributed by atoms with Crippen molar-refractivity contribution < 1.29 is 13.9 Å². The minimum atomic E-state index is -0.233. The number of hydrogen-bond donors (Lipinski definition) is 0. The van der Waals surface area contributed by atoms with E-state index in [4.69, 9.17) is 9.72 Å². The van der Waals surface area contributed by atoms with Gasteiger partial charge >= 0.3 is 5.97 Å². The highest BCUT2D eigenvalue weighted by Crippen LogP contribution is 2.46. The van der Waals surface area contributed by atoms with Crippen LogP contribution in [0.1, 0.15) is 82.5 Å². The Morgan fingerprint density at radius 2 is 1.76 bits per heavy atom. The maximum absolute atomic E-state index is 13.8. The molecule has 1 aliphatic carbocycles. The first-order valence-corrected chi connectivity index (χ1v) is 12.7. The zero-order chi connectivity index (χ0) is 24.7. The fourth-order valence-corrected chi connectivity index (χ4v) is 4.35. The molecule has 4 heteroatoms. The van der Waals surface area contributed by atoms with E-state index in [1.807, 2.05) is 65.0 Å². The van der Waals surface area contributed by atoms with Gasteiger partial charge in [0.1, 0.15) is 11.9 Å². The Hall–Kier alpha value is -3.01. The summed E-state index contributed by atoms with van der Waals surface area (Å²) < 4.78 is 19.3. The molecule has 180 valence electrons. The molecule has 34 heavy (non-hydrogen) atoms. The highest BCUT2D eigenvalue weighted by Gasteiger charge is 2.30. The van der Waals surface area contributed by atoms with Gasteiger partial charge < -0.3 is 4.74 Å². The highest BCUT2D eigenvalue weighted by molar-refractivity contribution is 6.00. The summed E-state index contributed by atoms with van der Waals surface area (Å²) >= 11 is 0. The number of fused-ring (bicyclic) bond motifs is 1. The molecule has 2 fully saturated rings. The van der Waals surface area contributed by atoms with E-state index in [0.29, 0.717) is 12.3 Å². The molecule has 3 nitrogen and oxygen atoms in total. The van der Waals surface area contributed by atoms with E-state index in [-0.39, 0.29) is 17.9 Å². The molecular weight excluding hydrogens is 425 g/mol. The summed E-state index contributed by atoms with van der Waals surface area (Å²) in [4.78, 5) is 16.7. The molecule has 3 aromatic rings. The summed E-state index contributed by atoms with van der Waals surface area (Å²) in [5, 5.41) is 1.05. The molecule has 0 N–H and O–H groups in total. The Morgan fingerprint density at radius 3 is 2.44 bits per heavy atom. The van der Waals surface area contributed by atoms with Gasteiger partial charge in [0.05, 0.1) is 11.2 Å². The van der Waals surface area contributed by atoms with Gasteiger partial charge in [0.2, 0.25) is 0 Å². The minimum Gasteiger partial charge on any atom is -0.458 e. The van der Waals surface area contributed by atoms with Crippen LogP contribution < -0.4 is 0 Å². The fraction of sp³-hybridized carbons (Fsp3) is 0.400. The molecule has 2 aromatic carbocycles. The molecule has 2 heterocycles. The molecule has 0 bridgehead atoms. The molecule has 1 aliphatic heterocycles. The Kier molecular flexibility index (Phi) is 8.98. The number of rotatable bonds is 4. The smallest absolute Gasteiger partial charge is 0.306 e. The number of carbonyl (C=O) groups excluding carboxylic acids is 1. The number of para-hydroxylation sites is 1. The number of cyclic esters (lactones) is 1. The molecule has 1 saturated heterocycles. The molecule has 2 aliphatic rings. The van der Waals surface area contributed by atoms with E-state index in [1.54, 1.807) is 6.07 Å². The summed E-state index contributed by atoms with van der Waals surface area (Å²) in [5.41, 5.74) is 6.10. The van der Waals surface area contributed by atoms with Crippen LogP contribution in [0.5, 0.6) is 0 Å². The quantitative estimate of drug-likeness (QED) is 0.366. The third-order valence-electron chi connectivity index (χ3n) is 6.01. The van der Waals surface area contributed by atoms with Crippen molar-refractivity contribution in [3.8, 4) is 11.1 Å². The van der Waals surface area contributed by atoms with Crippen molar-refractivity contribution in [3.63, 3.8) is 0 Å². The van der Waals surface area contributed by atoms with Crippen LogP contribution in [-0.2, 0) is 9.53 Å². The van der Waals surface area contributed by atoms with Gasteiger partial charge in [-0.05, 0) is 68.0 Å². The van der Waals surface area contributed by atoms with Crippen molar-refractivity contribution in [2.45, 2.75) is 78.7 Å². The van der Waals surface area contributed by atoms with Crippen LogP contribution in [0.25, 0.3) is 28.1 Å². The molecular formula is C30H36FNO2. The Balaban J connectivity index is 0.000000771.